The normalized spacial score (nSPS) is 16.4. The standard InChI is InChI=1S/C16H17BrClNS/c1-2-19-15(14-9-13(18)16(17)20-14)12-7-10-5-3-4-6-11(10)8-12/h3-6,9,12,15,19H,2,7-8H2,1H3. The van der Waals surface area contributed by atoms with Crippen molar-refractivity contribution in [2.45, 2.75) is 25.8 Å². The molecule has 0 radical (unpaired) electrons. The maximum Gasteiger partial charge on any atom is 0.0887 e. The van der Waals surface area contributed by atoms with E-state index in [0.29, 0.717) is 12.0 Å². The molecule has 4 heteroatoms. The van der Waals surface area contributed by atoms with E-state index in [2.05, 4.69) is 58.5 Å². The summed E-state index contributed by atoms with van der Waals surface area (Å²) in [7, 11) is 0. The zero-order chi connectivity index (χ0) is 14.1. The lowest BCUT2D eigenvalue weighted by molar-refractivity contribution is 0.386. The molecule has 1 aliphatic carbocycles. The molecule has 1 heterocycles. The number of hydrogen-bond donors (Lipinski definition) is 1. The summed E-state index contributed by atoms with van der Waals surface area (Å²) < 4.78 is 1.03. The second-order valence-corrected chi connectivity index (χ2v) is 8.05. The van der Waals surface area contributed by atoms with Crippen LogP contribution >= 0.6 is 38.9 Å². The molecule has 0 amide bonds. The van der Waals surface area contributed by atoms with Crippen molar-refractivity contribution in [2.75, 3.05) is 6.54 Å². The van der Waals surface area contributed by atoms with E-state index in [-0.39, 0.29) is 0 Å². The first-order valence-corrected chi connectivity index (χ1v) is 8.92. The predicted octanol–water partition coefficient (Wildman–Crippen LogP) is 5.23. The van der Waals surface area contributed by atoms with Gasteiger partial charge in [0.25, 0.3) is 0 Å². The molecule has 0 saturated heterocycles. The van der Waals surface area contributed by atoms with Gasteiger partial charge in [0.05, 0.1) is 8.81 Å². The molecule has 106 valence electrons. The van der Waals surface area contributed by atoms with Gasteiger partial charge in [-0.15, -0.1) is 11.3 Å². The van der Waals surface area contributed by atoms with Crippen molar-refractivity contribution in [3.8, 4) is 0 Å². The van der Waals surface area contributed by atoms with Crippen LogP contribution in [0, 0.1) is 5.92 Å². The van der Waals surface area contributed by atoms with Crippen LogP contribution < -0.4 is 5.32 Å². The number of thiophene rings is 1. The zero-order valence-electron chi connectivity index (χ0n) is 11.3. The number of nitrogens with one attached hydrogen (secondary N) is 1. The Morgan fingerprint density at radius 3 is 2.50 bits per heavy atom. The molecular weight excluding hydrogens is 354 g/mol. The highest BCUT2D eigenvalue weighted by Crippen LogP contribution is 2.41. The summed E-state index contributed by atoms with van der Waals surface area (Å²) in [6.07, 6.45) is 2.31. The molecule has 2 aromatic rings. The molecule has 1 aromatic heterocycles. The fourth-order valence-corrected chi connectivity index (χ4v) is 4.98. The molecule has 1 aliphatic rings. The second-order valence-electron chi connectivity index (χ2n) is 5.24. The van der Waals surface area contributed by atoms with Gasteiger partial charge in [-0.3, -0.25) is 0 Å². The maximum absolute atomic E-state index is 6.21. The van der Waals surface area contributed by atoms with Gasteiger partial charge in [0, 0.05) is 10.9 Å². The molecule has 0 fully saturated rings. The molecule has 0 saturated carbocycles. The van der Waals surface area contributed by atoms with Crippen LogP contribution in [-0.4, -0.2) is 6.54 Å². The summed E-state index contributed by atoms with van der Waals surface area (Å²) >= 11 is 11.5. The van der Waals surface area contributed by atoms with Crippen molar-refractivity contribution in [2.24, 2.45) is 5.92 Å². The number of hydrogen-bond acceptors (Lipinski definition) is 2. The van der Waals surface area contributed by atoms with E-state index in [1.54, 1.807) is 11.3 Å². The lowest BCUT2D eigenvalue weighted by Gasteiger charge is -2.23. The van der Waals surface area contributed by atoms with E-state index >= 15 is 0 Å². The molecule has 1 aromatic carbocycles. The number of fused-ring (bicyclic) bond motifs is 1. The zero-order valence-corrected chi connectivity index (χ0v) is 14.5. The van der Waals surface area contributed by atoms with E-state index in [1.165, 1.54) is 16.0 Å². The van der Waals surface area contributed by atoms with Gasteiger partial charge in [-0.25, -0.2) is 0 Å². The average molecular weight is 371 g/mol. The maximum atomic E-state index is 6.21. The van der Waals surface area contributed by atoms with Gasteiger partial charge >= 0.3 is 0 Å². The van der Waals surface area contributed by atoms with Gasteiger partial charge in [-0.05, 0) is 58.4 Å². The van der Waals surface area contributed by atoms with E-state index < -0.39 is 0 Å². The monoisotopic (exact) mass is 369 g/mol. The third-order valence-corrected chi connectivity index (χ3v) is 6.51. The van der Waals surface area contributed by atoms with Crippen molar-refractivity contribution >= 4 is 38.9 Å². The molecular formula is C16H17BrClNS. The van der Waals surface area contributed by atoms with Gasteiger partial charge in [0.2, 0.25) is 0 Å². The minimum Gasteiger partial charge on any atom is -0.309 e. The number of benzene rings is 1. The molecule has 1 unspecified atom stereocenters. The Balaban J connectivity index is 1.86. The summed E-state index contributed by atoms with van der Waals surface area (Å²) in [6.45, 7) is 3.14. The predicted molar refractivity (Wildman–Crippen MR) is 90.8 cm³/mol. The van der Waals surface area contributed by atoms with Gasteiger partial charge in [-0.2, -0.15) is 0 Å². The minimum absolute atomic E-state index is 0.390. The van der Waals surface area contributed by atoms with Gasteiger partial charge in [0.15, 0.2) is 0 Å². The first-order valence-electron chi connectivity index (χ1n) is 6.94. The lowest BCUT2D eigenvalue weighted by atomic mass is 9.95. The molecule has 1 N–H and O–H groups in total. The van der Waals surface area contributed by atoms with E-state index in [9.17, 15) is 0 Å². The Morgan fingerprint density at radius 1 is 1.35 bits per heavy atom. The minimum atomic E-state index is 0.390. The summed E-state index contributed by atoms with van der Waals surface area (Å²) in [6, 6.07) is 11.3. The molecule has 20 heavy (non-hydrogen) atoms. The van der Waals surface area contributed by atoms with Gasteiger partial charge < -0.3 is 5.32 Å². The summed E-state index contributed by atoms with van der Waals surface area (Å²) in [5.74, 6) is 0.619. The Hall–Kier alpha value is -0.350. The largest absolute Gasteiger partial charge is 0.309 e. The number of rotatable bonds is 4. The van der Waals surface area contributed by atoms with Crippen LogP contribution in [0.3, 0.4) is 0 Å². The summed E-state index contributed by atoms with van der Waals surface area (Å²) in [5, 5.41) is 4.47. The van der Waals surface area contributed by atoms with Crippen LogP contribution in [0.15, 0.2) is 34.1 Å². The fraction of sp³-hybridized carbons (Fsp3) is 0.375. The molecule has 1 atom stereocenters. The van der Waals surface area contributed by atoms with E-state index in [0.717, 1.165) is 28.2 Å². The summed E-state index contributed by atoms with van der Waals surface area (Å²) in [5.41, 5.74) is 3.00. The summed E-state index contributed by atoms with van der Waals surface area (Å²) in [4.78, 5) is 1.33. The van der Waals surface area contributed by atoms with Crippen LogP contribution in [0.5, 0.6) is 0 Å². The third-order valence-electron chi connectivity index (χ3n) is 3.95. The fourth-order valence-electron chi connectivity index (χ4n) is 3.06. The molecule has 3 rings (SSSR count). The van der Waals surface area contributed by atoms with Crippen molar-refractivity contribution in [3.63, 3.8) is 0 Å². The van der Waals surface area contributed by atoms with Crippen molar-refractivity contribution in [1.82, 2.24) is 5.32 Å². The Bertz CT molecular complexity index is 566. The van der Waals surface area contributed by atoms with Crippen LogP contribution in [0.25, 0.3) is 0 Å². The quantitative estimate of drug-likeness (QED) is 0.777. The second kappa shape index (κ2) is 6.18. The highest BCUT2D eigenvalue weighted by atomic mass is 79.9. The lowest BCUT2D eigenvalue weighted by Crippen LogP contribution is -2.28. The van der Waals surface area contributed by atoms with Crippen LogP contribution in [0.1, 0.15) is 29.0 Å². The van der Waals surface area contributed by atoms with Crippen LogP contribution in [0.4, 0.5) is 0 Å². The van der Waals surface area contributed by atoms with Gasteiger partial charge in [-0.1, -0.05) is 42.8 Å². The molecule has 0 bridgehead atoms. The Kier molecular flexibility index (Phi) is 4.51. The smallest absolute Gasteiger partial charge is 0.0887 e. The molecule has 1 nitrogen and oxygen atoms in total. The van der Waals surface area contributed by atoms with Gasteiger partial charge in [0.1, 0.15) is 0 Å². The van der Waals surface area contributed by atoms with Crippen molar-refractivity contribution < 1.29 is 0 Å². The van der Waals surface area contributed by atoms with E-state index in [4.69, 9.17) is 11.6 Å². The van der Waals surface area contributed by atoms with Crippen molar-refractivity contribution in [3.05, 3.63) is 55.1 Å². The van der Waals surface area contributed by atoms with Crippen molar-refractivity contribution in [1.29, 1.82) is 0 Å². The number of halogens is 2. The highest BCUT2D eigenvalue weighted by molar-refractivity contribution is 9.11. The molecule has 0 spiro atoms. The first kappa shape index (κ1) is 14.6. The first-order chi connectivity index (χ1) is 9.69. The third kappa shape index (κ3) is 2.82. The SMILES string of the molecule is CCNC(c1cc(Cl)c(Br)s1)C1Cc2ccccc2C1. The topological polar surface area (TPSA) is 12.0 Å². The van der Waals surface area contributed by atoms with Crippen LogP contribution in [-0.2, 0) is 12.8 Å². The van der Waals surface area contributed by atoms with Crippen LogP contribution in [0.2, 0.25) is 5.02 Å². The Morgan fingerprint density at radius 2 is 2.00 bits per heavy atom. The Labute approximate surface area is 137 Å². The highest BCUT2D eigenvalue weighted by Gasteiger charge is 2.30. The molecule has 0 aliphatic heterocycles. The van der Waals surface area contributed by atoms with E-state index in [1.807, 2.05) is 0 Å². The average Bonchev–Trinajstić information content (AvgIpc) is 3.00.